The molecule has 0 aromatic carbocycles. The molecule has 0 atom stereocenters. The molecule has 6 heteroatoms. The highest BCUT2D eigenvalue weighted by Gasteiger charge is 2.17. The van der Waals surface area contributed by atoms with Crippen molar-refractivity contribution in [2.75, 3.05) is 18.0 Å². The fourth-order valence-electron chi connectivity index (χ4n) is 2.13. The number of piperidine rings is 1. The van der Waals surface area contributed by atoms with E-state index in [0.717, 1.165) is 42.0 Å². The van der Waals surface area contributed by atoms with Gasteiger partial charge in [0.2, 0.25) is 0 Å². The van der Waals surface area contributed by atoms with E-state index in [9.17, 15) is 0 Å². The van der Waals surface area contributed by atoms with E-state index in [1.165, 1.54) is 0 Å². The normalized spacial score (nSPS) is 17.9. The summed E-state index contributed by atoms with van der Waals surface area (Å²) in [6.45, 7) is 1.96. The van der Waals surface area contributed by atoms with Gasteiger partial charge in [-0.05, 0) is 40.9 Å². The standard InChI is InChI=1S/C11H14BrN5/c12-9-7-14-10-1-2-11(15-17(9)10)16-5-3-8(13)4-6-16/h1-2,7-8H,3-6,13H2. The molecule has 2 aromatic heterocycles. The van der Waals surface area contributed by atoms with Gasteiger partial charge in [-0.1, -0.05) is 0 Å². The van der Waals surface area contributed by atoms with Crippen LogP contribution >= 0.6 is 15.9 Å². The average Bonchev–Trinajstić information content (AvgIpc) is 2.72. The number of nitrogens with zero attached hydrogens (tertiary/aromatic N) is 4. The van der Waals surface area contributed by atoms with Crippen molar-refractivity contribution in [3.8, 4) is 0 Å². The minimum Gasteiger partial charge on any atom is -0.355 e. The van der Waals surface area contributed by atoms with Gasteiger partial charge >= 0.3 is 0 Å². The van der Waals surface area contributed by atoms with Crippen molar-refractivity contribution in [2.45, 2.75) is 18.9 Å². The molecule has 0 spiro atoms. The van der Waals surface area contributed by atoms with Crippen LogP contribution < -0.4 is 10.6 Å². The monoisotopic (exact) mass is 295 g/mol. The Hall–Kier alpha value is -1.14. The second-order valence-electron chi connectivity index (χ2n) is 4.37. The third-order valence-corrected chi connectivity index (χ3v) is 3.71. The summed E-state index contributed by atoms with van der Waals surface area (Å²) in [6, 6.07) is 4.35. The molecule has 1 aliphatic rings. The van der Waals surface area contributed by atoms with E-state index in [2.05, 4.69) is 30.9 Å². The van der Waals surface area contributed by atoms with Crippen LogP contribution in [-0.2, 0) is 0 Å². The van der Waals surface area contributed by atoms with Gasteiger partial charge < -0.3 is 10.6 Å². The first-order chi connectivity index (χ1) is 8.24. The smallest absolute Gasteiger partial charge is 0.154 e. The Morgan fingerprint density at radius 3 is 2.82 bits per heavy atom. The molecule has 0 radical (unpaired) electrons. The molecular formula is C11H14BrN5. The van der Waals surface area contributed by atoms with E-state index in [1.54, 1.807) is 6.20 Å². The number of anilines is 1. The first-order valence-electron chi connectivity index (χ1n) is 5.75. The molecule has 0 bridgehead atoms. The van der Waals surface area contributed by atoms with Gasteiger partial charge in [-0.25, -0.2) is 9.50 Å². The van der Waals surface area contributed by atoms with Gasteiger partial charge in [0, 0.05) is 19.1 Å². The minimum atomic E-state index is 0.343. The summed E-state index contributed by atoms with van der Waals surface area (Å²) in [5.74, 6) is 0.989. The lowest BCUT2D eigenvalue weighted by Gasteiger charge is -2.30. The van der Waals surface area contributed by atoms with Crippen LogP contribution in [-0.4, -0.2) is 33.7 Å². The molecule has 0 aliphatic carbocycles. The Balaban J connectivity index is 1.92. The minimum absolute atomic E-state index is 0.343. The fourth-order valence-corrected chi connectivity index (χ4v) is 2.50. The molecule has 0 unspecified atom stereocenters. The predicted octanol–water partition coefficient (Wildman–Crippen LogP) is 1.42. The lowest BCUT2D eigenvalue weighted by atomic mass is 10.1. The lowest BCUT2D eigenvalue weighted by molar-refractivity contribution is 0.497. The summed E-state index contributed by atoms with van der Waals surface area (Å²) in [7, 11) is 0. The van der Waals surface area contributed by atoms with E-state index < -0.39 is 0 Å². The molecule has 2 N–H and O–H groups in total. The third kappa shape index (κ3) is 2.02. The van der Waals surface area contributed by atoms with Gasteiger partial charge in [-0.2, -0.15) is 0 Å². The summed E-state index contributed by atoms with van der Waals surface area (Å²) in [5, 5.41) is 4.58. The van der Waals surface area contributed by atoms with E-state index in [-0.39, 0.29) is 0 Å². The number of aromatic nitrogens is 3. The largest absolute Gasteiger partial charge is 0.355 e. The zero-order valence-corrected chi connectivity index (χ0v) is 11.0. The maximum absolute atomic E-state index is 5.90. The van der Waals surface area contributed by atoms with Crippen LogP contribution in [0.2, 0.25) is 0 Å². The molecule has 0 saturated carbocycles. The zero-order valence-electron chi connectivity index (χ0n) is 9.38. The highest BCUT2D eigenvalue weighted by Crippen LogP contribution is 2.19. The van der Waals surface area contributed by atoms with E-state index in [0.29, 0.717) is 6.04 Å². The molecule has 1 aliphatic heterocycles. The number of imidazole rings is 1. The number of nitrogens with two attached hydrogens (primary N) is 1. The quantitative estimate of drug-likeness (QED) is 0.864. The van der Waals surface area contributed by atoms with Gasteiger partial charge in [-0.3, -0.25) is 0 Å². The van der Waals surface area contributed by atoms with Crippen LogP contribution in [0.5, 0.6) is 0 Å². The average molecular weight is 296 g/mol. The van der Waals surface area contributed by atoms with E-state index in [1.807, 2.05) is 16.6 Å². The van der Waals surface area contributed by atoms with Crippen molar-refractivity contribution in [3.05, 3.63) is 22.9 Å². The summed E-state index contributed by atoms with van der Waals surface area (Å²) < 4.78 is 2.69. The molecule has 3 heterocycles. The van der Waals surface area contributed by atoms with Crippen molar-refractivity contribution in [1.29, 1.82) is 0 Å². The van der Waals surface area contributed by atoms with Crippen LogP contribution in [0.25, 0.3) is 5.65 Å². The van der Waals surface area contributed by atoms with Gasteiger partial charge in [0.25, 0.3) is 0 Å². The Bertz CT molecular complexity index is 530. The Morgan fingerprint density at radius 2 is 2.06 bits per heavy atom. The molecule has 1 saturated heterocycles. The number of hydrogen-bond donors (Lipinski definition) is 1. The van der Waals surface area contributed by atoms with Crippen molar-refractivity contribution >= 4 is 27.4 Å². The molecular weight excluding hydrogens is 282 g/mol. The van der Waals surface area contributed by atoms with Gasteiger partial charge in [0.1, 0.15) is 10.4 Å². The van der Waals surface area contributed by atoms with Crippen molar-refractivity contribution in [1.82, 2.24) is 14.6 Å². The van der Waals surface area contributed by atoms with Crippen LogP contribution in [0.4, 0.5) is 5.82 Å². The number of fused-ring (bicyclic) bond motifs is 1. The van der Waals surface area contributed by atoms with E-state index >= 15 is 0 Å². The molecule has 3 rings (SSSR count). The van der Waals surface area contributed by atoms with Crippen LogP contribution in [0.15, 0.2) is 22.9 Å². The molecule has 1 fully saturated rings. The van der Waals surface area contributed by atoms with Crippen LogP contribution in [0.1, 0.15) is 12.8 Å². The summed E-state index contributed by atoms with van der Waals surface area (Å²) in [5.41, 5.74) is 6.76. The predicted molar refractivity (Wildman–Crippen MR) is 70.1 cm³/mol. The second kappa shape index (κ2) is 4.27. The first kappa shape index (κ1) is 11.0. The molecule has 0 amide bonds. The fraction of sp³-hybridized carbons (Fsp3) is 0.455. The summed E-state index contributed by atoms with van der Waals surface area (Å²) in [6.07, 6.45) is 3.83. The Kier molecular flexibility index (Phi) is 2.76. The van der Waals surface area contributed by atoms with Gasteiger partial charge in [0.05, 0.1) is 6.20 Å². The first-order valence-corrected chi connectivity index (χ1v) is 6.54. The van der Waals surface area contributed by atoms with E-state index in [4.69, 9.17) is 5.73 Å². The summed E-state index contributed by atoms with van der Waals surface area (Å²) >= 11 is 3.43. The van der Waals surface area contributed by atoms with Crippen LogP contribution in [0.3, 0.4) is 0 Å². The Labute approximate surface area is 108 Å². The highest BCUT2D eigenvalue weighted by molar-refractivity contribution is 9.10. The molecule has 90 valence electrons. The number of halogens is 1. The molecule has 2 aromatic rings. The maximum atomic E-state index is 5.90. The topological polar surface area (TPSA) is 59.5 Å². The Morgan fingerprint density at radius 1 is 1.29 bits per heavy atom. The summed E-state index contributed by atoms with van der Waals surface area (Å²) in [4.78, 5) is 6.50. The SMILES string of the molecule is NC1CCN(c2ccc3ncc(Br)n3n2)CC1. The van der Waals surface area contributed by atoms with Crippen molar-refractivity contribution in [2.24, 2.45) is 5.73 Å². The number of rotatable bonds is 1. The molecule has 17 heavy (non-hydrogen) atoms. The van der Waals surface area contributed by atoms with Crippen molar-refractivity contribution < 1.29 is 0 Å². The zero-order chi connectivity index (χ0) is 11.8. The highest BCUT2D eigenvalue weighted by atomic mass is 79.9. The maximum Gasteiger partial charge on any atom is 0.154 e. The van der Waals surface area contributed by atoms with Gasteiger partial charge in [-0.15, -0.1) is 5.10 Å². The third-order valence-electron chi connectivity index (χ3n) is 3.17. The number of hydrogen-bond acceptors (Lipinski definition) is 4. The molecule has 5 nitrogen and oxygen atoms in total. The van der Waals surface area contributed by atoms with Crippen LogP contribution in [0, 0.1) is 0 Å². The second-order valence-corrected chi connectivity index (χ2v) is 5.18. The lowest BCUT2D eigenvalue weighted by Crippen LogP contribution is -2.40. The van der Waals surface area contributed by atoms with Gasteiger partial charge in [0.15, 0.2) is 5.65 Å². The van der Waals surface area contributed by atoms with Crippen molar-refractivity contribution in [3.63, 3.8) is 0 Å².